The van der Waals surface area contributed by atoms with E-state index in [1.807, 2.05) is 36.0 Å². The molecule has 1 aliphatic heterocycles. The van der Waals surface area contributed by atoms with Gasteiger partial charge in [0.2, 0.25) is 0 Å². The van der Waals surface area contributed by atoms with Gasteiger partial charge in [0, 0.05) is 16.5 Å². The minimum atomic E-state index is 0.735. The van der Waals surface area contributed by atoms with Crippen LogP contribution < -0.4 is 5.43 Å². The Balaban J connectivity index is 1.86. The van der Waals surface area contributed by atoms with E-state index in [1.165, 1.54) is 17.2 Å². The van der Waals surface area contributed by atoms with Crippen LogP contribution in [0.1, 0.15) is 12.8 Å². The number of benzene rings is 1. The fourth-order valence-corrected chi connectivity index (χ4v) is 2.93. The summed E-state index contributed by atoms with van der Waals surface area (Å²) in [5, 5.41) is 14.7. The van der Waals surface area contributed by atoms with Crippen LogP contribution >= 0.6 is 11.8 Å². The quantitative estimate of drug-likeness (QED) is 0.841. The van der Waals surface area contributed by atoms with E-state index in [2.05, 4.69) is 20.7 Å². The highest BCUT2D eigenvalue weighted by atomic mass is 32.2. The highest BCUT2D eigenvalue weighted by Crippen LogP contribution is 2.20. The molecular weight excluding hydrogens is 244 g/mol. The summed E-state index contributed by atoms with van der Waals surface area (Å²) < 4.78 is 0. The maximum absolute atomic E-state index is 4.45. The van der Waals surface area contributed by atoms with Gasteiger partial charge in [-0.2, -0.15) is 22.0 Å². The molecule has 1 aromatic heterocycles. The van der Waals surface area contributed by atoms with Crippen molar-refractivity contribution < 1.29 is 0 Å². The van der Waals surface area contributed by atoms with Gasteiger partial charge in [0.25, 0.3) is 0 Å². The van der Waals surface area contributed by atoms with Crippen LogP contribution in [-0.4, -0.2) is 27.4 Å². The molecule has 92 valence electrons. The van der Waals surface area contributed by atoms with Crippen molar-refractivity contribution in [2.75, 3.05) is 16.9 Å². The van der Waals surface area contributed by atoms with Gasteiger partial charge < -0.3 is 0 Å². The maximum Gasteiger partial charge on any atom is 0.176 e. The van der Waals surface area contributed by atoms with Crippen LogP contribution in [0.2, 0.25) is 0 Å². The van der Waals surface area contributed by atoms with Gasteiger partial charge in [-0.3, -0.25) is 5.43 Å². The Morgan fingerprint density at radius 2 is 2.00 bits per heavy atom. The van der Waals surface area contributed by atoms with Crippen molar-refractivity contribution in [1.82, 2.24) is 10.2 Å². The summed E-state index contributed by atoms with van der Waals surface area (Å²) in [6.45, 7) is 0. The molecule has 0 atom stereocenters. The molecule has 1 aliphatic rings. The van der Waals surface area contributed by atoms with E-state index in [1.54, 1.807) is 6.20 Å². The molecule has 1 aromatic carbocycles. The molecule has 0 saturated carbocycles. The number of hydrazone groups is 1. The zero-order valence-corrected chi connectivity index (χ0v) is 10.8. The largest absolute Gasteiger partial charge is 0.259 e. The summed E-state index contributed by atoms with van der Waals surface area (Å²) in [6.07, 6.45) is 3.90. The summed E-state index contributed by atoms with van der Waals surface area (Å²) in [4.78, 5) is 0. The zero-order valence-electron chi connectivity index (χ0n) is 9.97. The van der Waals surface area contributed by atoms with Crippen molar-refractivity contribution >= 4 is 34.1 Å². The average molecular weight is 258 g/mol. The predicted octanol–water partition coefficient (Wildman–Crippen LogP) is 2.92. The molecule has 5 heteroatoms. The molecule has 0 radical (unpaired) electrons. The lowest BCUT2D eigenvalue weighted by molar-refractivity contribution is 1.03. The summed E-state index contributed by atoms with van der Waals surface area (Å²) in [6, 6.07) is 8.06. The molecule has 0 aliphatic carbocycles. The second-order valence-corrected chi connectivity index (χ2v) is 5.41. The fraction of sp³-hybridized carbons (Fsp3) is 0.308. The number of anilines is 1. The lowest BCUT2D eigenvalue weighted by atomic mass is 10.2. The SMILES string of the molecule is c1ccc2c(NN=C3CCSCC3)nncc2c1. The maximum atomic E-state index is 4.45. The van der Waals surface area contributed by atoms with Crippen molar-refractivity contribution in [3.8, 4) is 0 Å². The van der Waals surface area contributed by atoms with Crippen molar-refractivity contribution in [2.24, 2.45) is 5.10 Å². The van der Waals surface area contributed by atoms with E-state index >= 15 is 0 Å². The van der Waals surface area contributed by atoms with E-state index < -0.39 is 0 Å². The number of thioether (sulfide) groups is 1. The molecule has 1 fully saturated rings. The monoisotopic (exact) mass is 258 g/mol. The minimum Gasteiger partial charge on any atom is -0.259 e. The van der Waals surface area contributed by atoms with Gasteiger partial charge >= 0.3 is 0 Å². The van der Waals surface area contributed by atoms with Crippen molar-refractivity contribution in [1.29, 1.82) is 0 Å². The topological polar surface area (TPSA) is 50.2 Å². The molecular formula is C13H14N4S. The Morgan fingerprint density at radius 3 is 2.89 bits per heavy atom. The Bertz CT molecular complexity index is 569. The van der Waals surface area contributed by atoms with Gasteiger partial charge in [-0.25, -0.2) is 0 Å². The van der Waals surface area contributed by atoms with Gasteiger partial charge in [0.1, 0.15) is 0 Å². The van der Waals surface area contributed by atoms with Crippen LogP contribution in [0.5, 0.6) is 0 Å². The molecule has 2 heterocycles. The average Bonchev–Trinajstić information content (AvgIpc) is 2.46. The van der Waals surface area contributed by atoms with Gasteiger partial charge in [-0.05, 0) is 24.3 Å². The van der Waals surface area contributed by atoms with Gasteiger partial charge in [-0.15, -0.1) is 5.10 Å². The van der Waals surface area contributed by atoms with Crippen LogP contribution in [-0.2, 0) is 0 Å². The third-order valence-corrected chi connectivity index (χ3v) is 3.95. The molecule has 0 spiro atoms. The van der Waals surface area contributed by atoms with Gasteiger partial charge in [-0.1, -0.05) is 24.3 Å². The number of nitrogens with one attached hydrogen (secondary N) is 1. The molecule has 2 aromatic rings. The number of fused-ring (bicyclic) bond motifs is 1. The number of aromatic nitrogens is 2. The van der Waals surface area contributed by atoms with Gasteiger partial charge in [0.15, 0.2) is 5.82 Å². The first kappa shape index (κ1) is 11.5. The summed E-state index contributed by atoms with van der Waals surface area (Å²) in [7, 11) is 0. The predicted molar refractivity (Wildman–Crippen MR) is 77.2 cm³/mol. The lowest BCUT2D eigenvalue weighted by Crippen LogP contribution is -2.10. The Kier molecular flexibility index (Phi) is 3.41. The first-order valence-electron chi connectivity index (χ1n) is 6.03. The zero-order chi connectivity index (χ0) is 12.2. The van der Waals surface area contributed by atoms with Gasteiger partial charge in [0.05, 0.1) is 6.20 Å². The molecule has 4 nitrogen and oxygen atoms in total. The van der Waals surface area contributed by atoms with Crippen LogP contribution in [0, 0.1) is 0 Å². The fourth-order valence-electron chi connectivity index (χ4n) is 1.96. The minimum absolute atomic E-state index is 0.735. The summed E-state index contributed by atoms with van der Waals surface area (Å²) >= 11 is 1.99. The number of hydrogen-bond acceptors (Lipinski definition) is 5. The number of hydrogen-bond donors (Lipinski definition) is 1. The van der Waals surface area contributed by atoms with E-state index in [0.717, 1.165) is 29.4 Å². The Morgan fingerprint density at radius 1 is 1.17 bits per heavy atom. The van der Waals surface area contributed by atoms with E-state index in [0.29, 0.717) is 0 Å². The first-order valence-corrected chi connectivity index (χ1v) is 7.18. The molecule has 3 rings (SSSR count). The van der Waals surface area contributed by atoms with Crippen LogP contribution in [0.25, 0.3) is 10.8 Å². The lowest BCUT2D eigenvalue weighted by Gasteiger charge is -2.12. The van der Waals surface area contributed by atoms with Crippen molar-refractivity contribution in [2.45, 2.75) is 12.8 Å². The molecule has 0 amide bonds. The highest BCUT2D eigenvalue weighted by Gasteiger charge is 2.07. The second kappa shape index (κ2) is 5.35. The third kappa shape index (κ3) is 2.46. The van der Waals surface area contributed by atoms with E-state index in [-0.39, 0.29) is 0 Å². The smallest absolute Gasteiger partial charge is 0.176 e. The van der Waals surface area contributed by atoms with Crippen LogP contribution in [0.3, 0.4) is 0 Å². The molecule has 0 bridgehead atoms. The summed E-state index contributed by atoms with van der Waals surface area (Å²) in [5.41, 5.74) is 4.29. The number of nitrogens with zero attached hydrogens (tertiary/aromatic N) is 3. The number of rotatable bonds is 2. The third-order valence-electron chi connectivity index (χ3n) is 2.96. The molecule has 0 unspecified atom stereocenters. The van der Waals surface area contributed by atoms with Crippen molar-refractivity contribution in [3.05, 3.63) is 30.5 Å². The second-order valence-electron chi connectivity index (χ2n) is 4.18. The standard InChI is InChI=1S/C13H14N4S/c1-2-4-12-10(3-1)9-14-16-13(12)17-15-11-5-7-18-8-6-11/h1-4,9H,5-8H2,(H,16,17). The van der Waals surface area contributed by atoms with Crippen LogP contribution in [0.4, 0.5) is 5.82 Å². The molecule has 18 heavy (non-hydrogen) atoms. The van der Waals surface area contributed by atoms with E-state index in [4.69, 9.17) is 0 Å². The van der Waals surface area contributed by atoms with Crippen LogP contribution in [0.15, 0.2) is 35.6 Å². The Hall–Kier alpha value is -1.62. The summed E-state index contributed by atoms with van der Waals surface area (Å²) in [5.74, 6) is 3.07. The molecule has 1 N–H and O–H groups in total. The highest BCUT2D eigenvalue weighted by molar-refractivity contribution is 7.99. The Labute approximate surface area is 110 Å². The first-order chi connectivity index (χ1) is 8.93. The van der Waals surface area contributed by atoms with E-state index in [9.17, 15) is 0 Å². The van der Waals surface area contributed by atoms with Crippen molar-refractivity contribution in [3.63, 3.8) is 0 Å². The normalized spacial score (nSPS) is 15.7. The molecule has 1 saturated heterocycles.